The van der Waals surface area contributed by atoms with Crippen molar-refractivity contribution in [3.63, 3.8) is 0 Å². The minimum atomic E-state index is -0.496. The number of hydrogen-bond donors (Lipinski definition) is 2. The van der Waals surface area contributed by atoms with Gasteiger partial charge in [-0.2, -0.15) is 0 Å². The molecule has 25 heavy (non-hydrogen) atoms. The number of halogens is 1. The minimum absolute atomic E-state index is 0.166. The first kappa shape index (κ1) is 18.4. The van der Waals surface area contributed by atoms with Gasteiger partial charge in [0.05, 0.1) is 13.7 Å². The molecule has 132 valence electrons. The van der Waals surface area contributed by atoms with E-state index in [1.165, 1.54) is 18.2 Å². The van der Waals surface area contributed by atoms with Crippen molar-refractivity contribution < 1.29 is 18.7 Å². The van der Waals surface area contributed by atoms with Gasteiger partial charge in [-0.25, -0.2) is 4.39 Å². The Bertz CT molecular complexity index is 762. The van der Waals surface area contributed by atoms with Crippen LogP contribution in [0, 0.1) is 12.7 Å². The second-order valence-electron chi connectivity index (χ2n) is 5.61. The second-order valence-corrected chi connectivity index (χ2v) is 5.61. The predicted octanol–water partition coefficient (Wildman–Crippen LogP) is 2.23. The average Bonchev–Trinajstić information content (AvgIpc) is 2.60. The van der Waals surface area contributed by atoms with E-state index >= 15 is 0 Å². The molecule has 2 rings (SSSR count). The summed E-state index contributed by atoms with van der Waals surface area (Å²) >= 11 is 0. The third-order valence-electron chi connectivity index (χ3n) is 3.65. The Morgan fingerprint density at radius 2 is 1.92 bits per heavy atom. The van der Waals surface area contributed by atoms with Crippen LogP contribution in [-0.2, 0) is 11.2 Å². The number of aryl methyl sites for hydroxylation is 1. The lowest BCUT2D eigenvalue weighted by Crippen LogP contribution is -2.37. The standard InChI is InChI=1S/C19H21FN2O3/c1-13-6-7-17(25-2)14(10-13)8-9-21-18(23)12-22-19(24)15-4-3-5-16(20)11-15/h3-7,10-11H,8-9,12H2,1-2H3,(H,21,23)(H,22,24). The van der Waals surface area contributed by atoms with Gasteiger partial charge in [0.25, 0.3) is 5.91 Å². The first-order valence-electron chi connectivity index (χ1n) is 7.93. The molecule has 6 heteroatoms. The Balaban J connectivity index is 1.78. The number of amides is 2. The summed E-state index contributed by atoms with van der Waals surface area (Å²) in [4.78, 5) is 23.7. The Labute approximate surface area is 146 Å². The molecule has 5 nitrogen and oxygen atoms in total. The molecule has 0 bridgehead atoms. The van der Waals surface area contributed by atoms with Gasteiger partial charge in [0, 0.05) is 12.1 Å². The van der Waals surface area contributed by atoms with Crippen LogP contribution in [0.25, 0.3) is 0 Å². The van der Waals surface area contributed by atoms with E-state index in [1.54, 1.807) is 7.11 Å². The van der Waals surface area contributed by atoms with E-state index in [-0.39, 0.29) is 18.0 Å². The zero-order valence-corrected chi connectivity index (χ0v) is 14.3. The number of hydrogen-bond acceptors (Lipinski definition) is 3. The summed E-state index contributed by atoms with van der Waals surface area (Å²) < 4.78 is 18.4. The van der Waals surface area contributed by atoms with Crippen molar-refractivity contribution in [1.29, 1.82) is 0 Å². The van der Waals surface area contributed by atoms with Gasteiger partial charge in [0.2, 0.25) is 5.91 Å². The monoisotopic (exact) mass is 344 g/mol. The number of rotatable bonds is 7. The molecule has 0 fully saturated rings. The molecule has 0 spiro atoms. The van der Waals surface area contributed by atoms with Crippen molar-refractivity contribution in [1.82, 2.24) is 10.6 Å². The topological polar surface area (TPSA) is 67.4 Å². The van der Waals surface area contributed by atoms with Crippen LogP contribution in [0.5, 0.6) is 5.75 Å². The molecule has 0 radical (unpaired) electrons. The Morgan fingerprint density at radius 1 is 1.12 bits per heavy atom. The van der Waals surface area contributed by atoms with Gasteiger partial charge in [-0.1, -0.05) is 23.8 Å². The highest BCUT2D eigenvalue weighted by Gasteiger charge is 2.09. The van der Waals surface area contributed by atoms with Crippen LogP contribution >= 0.6 is 0 Å². The van der Waals surface area contributed by atoms with Crippen LogP contribution in [-0.4, -0.2) is 32.0 Å². The summed E-state index contributed by atoms with van der Waals surface area (Å²) in [6, 6.07) is 11.2. The van der Waals surface area contributed by atoms with Crippen LogP contribution in [0.15, 0.2) is 42.5 Å². The van der Waals surface area contributed by atoms with E-state index in [0.29, 0.717) is 13.0 Å². The summed E-state index contributed by atoms with van der Waals surface area (Å²) in [5, 5.41) is 5.20. The van der Waals surface area contributed by atoms with Crippen LogP contribution in [0.4, 0.5) is 4.39 Å². The smallest absolute Gasteiger partial charge is 0.251 e. The van der Waals surface area contributed by atoms with E-state index in [4.69, 9.17) is 4.74 Å². The second kappa shape index (κ2) is 8.82. The number of benzene rings is 2. The number of carbonyl (C=O) groups excluding carboxylic acids is 2. The largest absolute Gasteiger partial charge is 0.496 e. The van der Waals surface area contributed by atoms with Gasteiger partial charge in [-0.05, 0) is 43.2 Å². The van der Waals surface area contributed by atoms with E-state index in [1.807, 2.05) is 25.1 Å². The van der Waals surface area contributed by atoms with Crippen molar-refractivity contribution in [3.05, 3.63) is 65.0 Å². The van der Waals surface area contributed by atoms with Crippen molar-refractivity contribution in [3.8, 4) is 5.75 Å². The zero-order valence-electron chi connectivity index (χ0n) is 14.3. The predicted molar refractivity (Wildman–Crippen MR) is 93.2 cm³/mol. The van der Waals surface area contributed by atoms with E-state index < -0.39 is 11.7 Å². The fourth-order valence-corrected chi connectivity index (χ4v) is 2.39. The summed E-state index contributed by atoms with van der Waals surface area (Å²) in [5.41, 5.74) is 2.30. The average molecular weight is 344 g/mol. The van der Waals surface area contributed by atoms with Crippen molar-refractivity contribution in [2.45, 2.75) is 13.3 Å². The summed E-state index contributed by atoms with van der Waals surface area (Å²) in [5.74, 6) is -0.519. The normalized spacial score (nSPS) is 10.2. The molecular weight excluding hydrogens is 323 g/mol. The SMILES string of the molecule is COc1ccc(C)cc1CCNC(=O)CNC(=O)c1cccc(F)c1. The Hall–Kier alpha value is -2.89. The van der Waals surface area contributed by atoms with Crippen LogP contribution in [0.1, 0.15) is 21.5 Å². The zero-order chi connectivity index (χ0) is 18.2. The van der Waals surface area contributed by atoms with Gasteiger partial charge in [-0.15, -0.1) is 0 Å². The maximum absolute atomic E-state index is 13.1. The van der Waals surface area contributed by atoms with Crippen molar-refractivity contribution in [2.75, 3.05) is 20.2 Å². The van der Waals surface area contributed by atoms with Gasteiger partial charge in [0.1, 0.15) is 11.6 Å². The Morgan fingerprint density at radius 3 is 2.64 bits per heavy atom. The van der Waals surface area contributed by atoms with E-state index in [9.17, 15) is 14.0 Å². The molecule has 0 aromatic heterocycles. The van der Waals surface area contributed by atoms with Crippen LogP contribution in [0.2, 0.25) is 0 Å². The van der Waals surface area contributed by atoms with Gasteiger partial charge < -0.3 is 15.4 Å². The molecule has 0 saturated carbocycles. The lowest BCUT2D eigenvalue weighted by molar-refractivity contribution is -0.120. The molecule has 0 aliphatic carbocycles. The maximum Gasteiger partial charge on any atom is 0.251 e. The fourth-order valence-electron chi connectivity index (χ4n) is 2.39. The lowest BCUT2D eigenvalue weighted by atomic mass is 10.1. The molecule has 0 atom stereocenters. The van der Waals surface area contributed by atoms with Crippen molar-refractivity contribution >= 4 is 11.8 Å². The molecular formula is C19H21FN2O3. The molecule has 0 heterocycles. The van der Waals surface area contributed by atoms with E-state index in [0.717, 1.165) is 22.9 Å². The van der Waals surface area contributed by atoms with Gasteiger partial charge in [0.15, 0.2) is 0 Å². The first-order chi connectivity index (χ1) is 12.0. The minimum Gasteiger partial charge on any atom is -0.496 e. The summed E-state index contributed by atoms with van der Waals surface area (Å²) in [6.45, 7) is 2.25. The molecule has 0 aliphatic rings. The third kappa shape index (κ3) is 5.60. The highest BCUT2D eigenvalue weighted by Crippen LogP contribution is 2.19. The highest BCUT2D eigenvalue weighted by molar-refractivity contribution is 5.96. The van der Waals surface area contributed by atoms with Crippen LogP contribution in [0.3, 0.4) is 0 Å². The molecule has 2 amide bonds. The van der Waals surface area contributed by atoms with Gasteiger partial charge in [-0.3, -0.25) is 9.59 Å². The molecule has 2 aromatic carbocycles. The maximum atomic E-state index is 13.1. The summed E-state index contributed by atoms with van der Waals surface area (Å²) in [6.07, 6.45) is 0.619. The van der Waals surface area contributed by atoms with E-state index in [2.05, 4.69) is 10.6 Å². The number of methoxy groups -OCH3 is 1. The molecule has 2 N–H and O–H groups in total. The third-order valence-corrected chi connectivity index (χ3v) is 3.65. The van der Waals surface area contributed by atoms with Gasteiger partial charge >= 0.3 is 0 Å². The van der Waals surface area contributed by atoms with Crippen molar-refractivity contribution in [2.24, 2.45) is 0 Å². The fraction of sp³-hybridized carbons (Fsp3) is 0.263. The number of nitrogens with one attached hydrogen (secondary N) is 2. The molecule has 0 unspecified atom stereocenters. The van der Waals surface area contributed by atoms with Crippen LogP contribution < -0.4 is 15.4 Å². The first-order valence-corrected chi connectivity index (χ1v) is 7.93. The molecule has 0 aliphatic heterocycles. The highest BCUT2D eigenvalue weighted by atomic mass is 19.1. The number of ether oxygens (including phenoxy) is 1. The summed E-state index contributed by atoms with van der Waals surface area (Å²) in [7, 11) is 1.61. The molecule has 0 saturated heterocycles. The quantitative estimate of drug-likeness (QED) is 0.809. The Kier molecular flexibility index (Phi) is 6.51. The molecule has 2 aromatic rings. The lowest BCUT2D eigenvalue weighted by Gasteiger charge is -2.11. The number of carbonyl (C=O) groups is 2.